The minimum atomic E-state index is -0.543. The maximum atomic E-state index is 12.0. The number of nitrogens with zero attached hydrogens (tertiary/aromatic N) is 2. The lowest BCUT2D eigenvalue weighted by molar-refractivity contribution is 0.102. The largest absolute Gasteiger partial charge is 0.507 e. The third-order valence-corrected chi connectivity index (χ3v) is 3.46. The summed E-state index contributed by atoms with van der Waals surface area (Å²) < 4.78 is 5.40. The quantitative estimate of drug-likeness (QED) is 0.803. The average Bonchev–Trinajstić information content (AvgIpc) is 3.08. The first kappa shape index (κ1) is 13.8. The van der Waals surface area contributed by atoms with Crippen LogP contribution in [0.15, 0.2) is 22.6 Å². The van der Waals surface area contributed by atoms with Crippen LogP contribution in [0.3, 0.4) is 0 Å². The Morgan fingerprint density at radius 1 is 1.48 bits per heavy atom. The second-order valence-corrected chi connectivity index (χ2v) is 5.15. The van der Waals surface area contributed by atoms with Gasteiger partial charge in [0.15, 0.2) is 0 Å². The minimum absolute atomic E-state index is 0.00181. The first-order chi connectivity index (χ1) is 10.1. The van der Waals surface area contributed by atoms with Gasteiger partial charge >= 0.3 is 6.01 Å². The summed E-state index contributed by atoms with van der Waals surface area (Å²) in [6.07, 6.45) is 1.97. The van der Waals surface area contributed by atoms with Crippen LogP contribution in [0.1, 0.15) is 35.1 Å². The van der Waals surface area contributed by atoms with Crippen molar-refractivity contribution in [1.82, 2.24) is 15.5 Å². The molecule has 1 aromatic heterocycles. The number of nitrogens with one attached hydrogen (secondary N) is 2. The van der Waals surface area contributed by atoms with E-state index in [-0.39, 0.29) is 23.4 Å². The molecule has 0 radical (unpaired) electrons. The maximum absolute atomic E-state index is 12.0. The molecule has 21 heavy (non-hydrogen) atoms. The van der Waals surface area contributed by atoms with E-state index in [9.17, 15) is 9.90 Å². The molecule has 1 fully saturated rings. The van der Waals surface area contributed by atoms with Gasteiger partial charge in [0.05, 0.1) is 11.6 Å². The van der Waals surface area contributed by atoms with Gasteiger partial charge in [-0.15, -0.1) is 5.10 Å². The van der Waals surface area contributed by atoms with E-state index in [1.165, 1.54) is 18.2 Å². The van der Waals surface area contributed by atoms with Crippen LogP contribution in [0.5, 0.6) is 5.75 Å². The van der Waals surface area contributed by atoms with Gasteiger partial charge in [-0.05, 0) is 37.6 Å². The van der Waals surface area contributed by atoms with E-state index in [2.05, 4.69) is 20.8 Å². The second-order valence-electron chi connectivity index (χ2n) is 4.71. The summed E-state index contributed by atoms with van der Waals surface area (Å²) in [5.74, 6) is -0.306. The lowest BCUT2D eigenvalue weighted by atomic mass is 10.2. The molecule has 8 heteroatoms. The number of aromatic nitrogens is 2. The Balaban J connectivity index is 1.72. The molecule has 0 saturated carbocycles. The number of hydrogen-bond acceptors (Lipinski definition) is 6. The molecule has 0 spiro atoms. The van der Waals surface area contributed by atoms with Crippen molar-refractivity contribution in [3.05, 3.63) is 34.7 Å². The molecule has 1 aliphatic heterocycles. The summed E-state index contributed by atoms with van der Waals surface area (Å²) in [4.78, 5) is 12.0. The molecule has 1 amide bonds. The molecular weight excluding hydrogens is 296 g/mol. The molecule has 3 rings (SSSR count). The molecule has 7 nitrogen and oxygen atoms in total. The monoisotopic (exact) mass is 308 g/mol. The van der Waals surface area contributed by atoms with E-state index in [0.29, 0.717) is 10.9 Å². The summed E-state index contributed by atoms with van der Waals surface area (Å²) >= 11 is 5.72. The van der Waals surface area contributed by atoms with Crippen molar-refractivity contribution >= 4 is 23.5 Å². The normalized spacial score (nSPS) is 17.9. The predicted molar refractivity (Wildman–Crippen MR) is 75.3 cm³/mol. The smallest absolute Gasteiger partial charge is 0.322 e. The van der Waals surface area contributed by atoms with E-state index in [0.717, 1.165) is 19.4 Å². The second kappa shape index (κ2) is 5.71. The molecule has 0 bridgehead atoms. The van der Waals surface area contributed by atoms with Crippen LogP contribution < -0.4 is 10.6 Å². The Bertz CT molecular complexity index is 667. The molecule has 1 atom stereocenters. The van der Waals surface area contributed by atoms with Gasteiger partial charge in [-0.1, -0.05) is 16.7 Å². The lowest BCUT2D eigenvalue weighted by Crippen LogP contribution is -2.13. The summed E-state index contributed by atoms with van der Waals surface area (Å²) in [5, 5.41) is 23.4. The van der Waals surface area contributed by atoms with Gasteiger partial charge in [0.1, 0.15) is 5.75 Å². The highest BCUT2D eigenvalue weighted by Gasteiger charge is 2.23. The van der Waals surface area contributed by atoms with E-state index in [1.54, 1.807) is 0 Å². The van der Waals surface area contributed by atoms with Crippen molar-refractivity contribution in [2.75, 3.05) is 11.9 Å². The summed E-state index contributed by atoms with van der Waals surface area (Å²) in [6, 6.07) is 4.25. The van der Waals surface area contributed by atoms with Gasteiger partial charge in [0, 0.05) is 5.02 Å². The number of rotatable bonds is 3. The van der Waals surface area contributed by atoms with Crippen LogP contribution >= 0.6 is 11.6 Å². The van der Waals surface area contributed by atoms with E-state index < -0.39 is 5.91 Å². The average molecular weight is 309 g/mol. The fourth-order valence-corrected chi connectivity index (χ4v) is 2.35. The fourth-order valence-electron chi connectivity index (χ4n) is 2.18. The van der Waals surface area contributed by atoms with Crippen LogP contribution in [-0.2, 0) is 0 Å². The van der Waals surface area contributed by atoms with Crippen molar-refractivity contribution in [1.29, 1.82) is 0 Å². The molecule has 2 aromatic rings. The topological polar surface area (TPSA) is 100 Å². The molecule has 1 aromatic carbocycles. The molecule has 1 unspecified atom stereocenters. The van der Waals surface area contributed by atoms with Crippen molar-refractivity contribution in [3.63, 3.8) is 0 Å². The molecule has 2 heterocycles. The number of aromatic hydroxyl groups is 1. The molecule has 3 N–H and O–H groups in total. The van der Waals surface area contributed by atoms with E-state index in [4.69, 9.17) is 16.0 Å². The SMILES string of the molecule is O=C(Nc1nnc(C2CCCN2)o1)c1ccc(Cl)cc1O. The molecular formula is C13H13ClN4O3. The summed E-state index contributed by atoms with van der Waals surface area (Å²) in [6.45, 7) is 0.910. The van der Waals surface area contributed by atoms with Gasteiger partial charge < -0.3 is 14.8 Å². The van der Waals surface area contributed by atoms with E-state index >= 15 is 0 Å². The highest BCUT2D eigenvalue weighted by atomic mass is 35.5. The number of anilines is 1. The molecule has 110 valence electrons. The maximum Gasteiger partial charge on any atom is 0.322 e. The number of amides is 1. The van der Waals surface area contributed by atoms with Crippen molar-refractivity contribution in [2.24, 2.45) is 0 Å². The van der Waals surface area contributed by atoms with Gasteiger partial charge in [-0.25, -0.2) is 0 Å². The number of carbonyl (C=O) groups is 1. The number of phenolic OH excluding ortho intramolecular Hbond substituents is 1. The Labute approximate surface area is 125 Å². The standard InChI is InChI=1S/C13H13ClN4O3/c14-7-3-4-8(10(19)6-7)11(20)16-13-18-17-12(21-13)9-2-1-5-15-9/h3-4,6,9,15,19H,1-2,5H2,(H,16,18,20). The zero-order valence-electron chi connectivity index (χ0n) is 11.0. The summed E-state index contributed by atoms with van der Waals surface area (Å²) in [7, 11) is 0. The zero-order valence-corrected chi connectivity index (χ0v) is 11.7. The molecule has 1 saturated heterocycles. The highest BCUT2D eigenvalue weighted by Crippen LogP contribution is 2.25. The number of halogens is 1. The highest BCUT2D eigenvalue weighted by molar-refractivity contribution is 6.30. The predicted octanol–water partition coefficient (Wildman–Crippen LogP) is 2.11. The van der Waals surface area contributed by atoms with Crippen LogP contribution in [0, 0.1) is 0 Å². The van der Waals surface area contributed by atoms with Gasteiger partial charge in [0.25, 0.3) is 5.91 Å². The van der Waals surface area contributed by atoms with Crippen LogP contribution in [0.2, 0.25) is 5.02 Å². The number of hydrogen-bond donors (Lipinski definition) is 3. The van der Waals surface area contributed by atoms with Crippen LogP contribution in [0.25, 0.3) is 0 Å². The van der Waals surface area contributed by atoms with Gasteiger partial charge in [-0.3, -0.25) is 10.1 Å². The Morgan fingerprint density at radius 2 is 2.33 bits per heavy atom. The number of phenols is 1. The Kier molecular flexibility index (Phi) is 3.76. The van der Waals surface area contributed by atoms with E-state index in [1.807, 2.05) is 0 Å². The Hall–Kier alpha value is -2.12. The van der Waals surface area contributed by atoms with Crippen LogP contribution in [-0.4, -0.2) is 27.8 Å². The number of carbonyl (C=O) groups excluding carboxylic acids is 1. The van der Waals surface area contributed by atoms with Crippen LogP contribution in [0.4, 0.5) is 6.01 Å². The number of benzene rings is 1. The first-order valence-corrected chi connectivity index (χ1v) is 6.88. The first-order valence-electron chi connectivity index (χ1n) is 6.50. The third-order valence-electron chi connectivity index (χ3n) is 3.22. The molecule has 0 aliphatic carbocycles. The Morgan fingerprint density at radius 3 is 3.05 bits per heavy atom. The zero-order chi connectivity index (χ0) is 14.8. The van der Waals surface area contributed by atoms with Crippen molar-refractivity contribution < 1.29 is 14.3 Å². The third kappa shape index (κ3) is 2.98. The fraction of sp³-hybridized carbons (Fsp3) is 0.308. The molecule has 1 aliphatic rings. The lowest BCUT2D eigenvalue weighted by Gasteiger charge is -2.04. The van der Waals surface area contributed by atoms with Crippen molar-refractivity contribution in [3.8, 4) is 5.75 Å². The van der Waals surface area contributed by atoms with Gasteiger partial charge in [-0.2, -0.15) is 0 Å². The minimum Gasteiger partial charge on any atom is -0.507 e. The van der Waals surface area contributed by atoms with Gasteiger partial charge in [0.2, 0.25) is 5.89 Å². The van der Waals surface area contributed by atoms with Crippen molar-refractivity contribution in [2.45, 2.75) is 18.9 Å². The summed E-state index contributed by atoms with van der Waals surface area (Å²) in [5.41, 5.74) is 0.0816.